The quantitative estimate of drug-likeness (QED) is 0.350. The first-order valence-corrected chi connectivity index (χ1v) is 5.90. The molecule has 0 fully saturated rings. The Morgan fingerprint density at radius 3 is 2.75 bits per heavy atom. The van der Waals surface area contributed by atoms with E-state index in [1.54, 1.807) is 0 Å². The summed E-state index contributed by atoms with van der Waals surface area (Å²) in [6.07, 6.45) is 1.82. The number of halogens is 2. The van der Waals surface area contributed by atoms with Gasteiger partial charge in [0.25, 0.3) is 0 Å². The van der Waals surface area contributed by atoms with E-state index in [0.717, 1.165) is 30.3 Å². The monoisotopic (exact) mass is 291 g/mol. The average molecular weight is 292 g/mol. The Morgan fingerprint density at radius 2 is 2.19 bits per heavy atom. The van der Waals surface area contributed by atoms with Crippen molar-refractivity contribution in [2.24, 2.45) is 0 Å². The zero-order valence-electron chi connectivity index (χ0n) is 8.49. The van der Waals surface area contributed by atoms with Crippen molar-refractivity contribution in [3.05, 3.63) is 34.1 Å². The van der Waals surface area contributed by atoms with E-state index in [1.165, 1.54) is 6.07 Å². The lowest BCUT2D eigenvalue weighted by molar-refractivity contribution is -0.387. The minimum atomic E-state index is -0.872. The maximum absolute atomic E-state index is 13.1. The second kappa shape index (κ2) is 6.42. The van der Waals surface area contributed by atoms with Crippen LogP contribution in [0, 0.1) is 15.9 Å². The molecule has 0 heterocycles. The summed E-state index contributed by atoms with van der Waals surface area (Å²) in [5.41, 5.74) is -0.534. The molecule has 0 amide bonds. The van der Waals surface area contributed by atoms with E-state index in [9.17, 15) is 14.5 Å². The van der Waals surface area contributed by atoms with Crippen molar-refractivity contribution in [2.45, 2.75) is 12.8 Å². The summed E-state index contributed by atoms with van der Waals surface area (Å²) in [6, 6.07) is 3.54. The van der Waals surface area contributed by atoms with Crippen LogP contribution in [0.3, 0.4) is 0 Å². The number of alkyl halides is 1. The van der Waals surface area contributed by atoms with Crippen molar-refractivity contribution in [1.29, 1.82) is 0 Å². The third-order valence-electron chi connectivity index (χ3n) is 1.91. The Hall–Kier alpha value is -1.17. The van der Waals surface area contributed by atoms with Crippen molar-refractivity contribution >= 4 is 21.6 Å². The summed E-state index contributed by atoms with van der Waals surface area (Å²) < 4.78 is 18.4. The number of nitrogens with zero attached hydrogens (tertiary/aromatic N) is 1. The molecule has 0 aliphatic carbocycles. The van der Waals surface area contributed by atoms with E-state index in [1.807, 2.05) is 0 Å². The topological polar surface area (TPSA) is 52.4 Å². The van der Waals surface area contributed by atoms with Gasteiger partial charge >= 0.3 is 5.69 Å². The first-order chi connectivity index (χ1) is 7.65. The summed E-state index contributed by atoms with van der Waals surface area (Å²) in [7, 11) is 0. The Kier molecular flexibility index (Phi) is 5.18. The predicted molar refractivity (Wildman–Crippen MR) is 61.6 cm³/mol. The zero-order chi connectivity index (χ0) is 12.0. The van der Waals surface area contributed by atoms with Gasteiger partial charge in [0.1, 0.15) is 5.75 Å². The van der Waals surface area contributed by atoms with Crippen molar-refractivity contribution < 1.29 is 14.1 Å². The molecule has 0 aliphatic rings. The largest absolute Gasteiger partial charge is 0.493 e. The lowest BCUT2D eigenvalue weighted by atomic mass is 10.3. The molecule has 1 rings (SSSR count). The summed E-state index contributed by atoms with van der Waals surface area (Å²) in [5.74, 6) is -0.555. The van der Waals surface area contributed by atoms with Crippen LogP contribution in [0.15, 0.2) is 18.2 Å². The van der Waals surface area contributed by atoms with E-state index in [0.29, 0.717) is 12.4 Å². The minimum absolute atomic E-state index is 0.317. The number of unbranched alkanes of at least 4 members (excludes halogenated alkanes) is 1. The number of benzene rings is 1. The molecule has 0 saturated heterocycles. The second-order valence-electron chi connectivity index (χ2n) is 3.11. The van der Waals surface area contributed by atoms with Crippen LogP contribution < -0.4 is 4.74 Å². The molecule has 0 bridgehead atoms. The highest BCUT2D eigenvalue weighted by molar-refractivity contribution is 9.09. The van der Waals surface area contributed by atoms with E-state index >= 15 is 0 Å². The number of nitro groups is 1. The third-order valence-corrected chi connectivity index (χ3v) is 2.47. The lowest BCUT2D eigenvalue weighted by Crippen LogP contribution is -1.99. The van der Waals surface area contributed by atoms with Crippen LogP contribution in [-0.2, 0) is 0 Å². The van der Waals surface area contributed by atoms with Crippen LogP contribution in [0.1, 0.15) is 12.8 Å². The normalized spacial score (nSPS) is 10.1. The Balaban J connectivity index is 2.56. The van der Waals surface area contributed by atoms with Gasteiger partial charge in [-0.1, -0.05) is 15.9 Å². The fourth-order valence-corrected chi connectivity index (χ4v) is 1.51. The molecule has 0 aromatic heterocycles. The van der Waals surface area contributed by atoms with E-state index < -0.39 is 16.4 Å². The fraction of sp³-hybridized carbons (Fsp3) is 0.400. The van der Waals surface area contributed by atoms with Gasteiger partial charge in [-0.15, -0.1) is 0 Å². The molecule has 6 heteroatoms. The molecule has 0 unspecified atom stereocenters. The standard InChI is InChI=1S/C10H11BrFNO3/c11-5-1-2-6-16-8-3-4-10(13(14)15)9(12)7-8/h3-4,7H,1-2,5-6H2. The number of nitro benzene ring substituents is 1. The highest BCUT2D eigenvalue weighted by Gasteiger charge is 2.13. The third kappa shape index (κ3) is 3.77. The summed E-state index contributed by atoms with van der Waals surface area (Å²) in [4.78, 5) is 9.59. The van der Waals surface area contributed by atoms with Gasteiger partial charge in [-0.05, 0) is 18.9 Å². The molecule has 0 spiro atoms. The molecular formula is C10H11BrFNO3. The van der Waals surface area contributed by atoms with Crippen LogP contribution >= 0.6 is 15.9 Å². The number of rotatable bonds is 6. The van der Waals surface area contributed by atoms with Crippen molar-refractivity contribution in [3.63, 3.8) is 0 Å². The minimum Gasteiger partial charge on any atom is -0.493 e. The first-order valence-electron chi connectivity index (χ1n) is 4.78. The van der Waals surface area contributed by atoms with Gasteiger partial charge in [-0.25, -0.2) is 0 Å². The van der Waals surface area contributed by atoms with Gasteiger partial charge in [0.2, 0.25) is 5.82 Å². The van der Waals surface area contributed by atoms with Gasteiger partial charge in [0, 0.05) is 17.5 Å². The van der Waals surface area contributed by atoms with E-state index in [2.05, 4.69) is 15.9 Å². The molecule has 0 aliphatic heterocycles. The fourth-order valence-electron chi connectivity index (χ4n) is 1.11. The highest BCUT2D eigenvalue weighted by Crippen LogP contribution is 2.22. The van der Waals surface area contributed by atoms with Gasteiger partial charge < -0.3 is 4.74 Å². The van der Waals surface area contributed by atoms with Crippen LogP contribution in [0.4, 0.5) is 10.1 Å². The number of hydrogen-bond acceptors (Lipinski definition) is 3. The predicted octanol–water partition coefficient (Wildman–Crippen LogP) is 3.29. The molecule has 1 aromatic carbocycles. The second-order valence-corrected chi connectivity index (χ2v) is 3.91. The van der Waals surface area contributed by atoms with Crippen molar-refractivity contribution in [1.82, 2.24) is 0 Å². The molecule has 1 aromatic rings. The molecule has 0 atom stereocenters. The molecule has 16 heavy (non-hydrogen) atoms. The molecule has 0 saturated carbocycles. The molecule has 0 radical (unpaired) electrons. The highest BCUT2D eigenvalue weighted by atomic mass is 79.9. The van der Waals surface area contributed by atoms with E-state index in [4.69, 9.17) is 4.74 Å². The van der Waals surface area contributed by atoms with Gasteiger partial charge in [0.15, 0.2) is 0 Å². The van der Waals surface area contributed by atoms with Gasteiger partial charge in [0.05, 0.1) is 11.5 Å². The summed E-state index contributed by atoms with van der Waals surface area (Å²) in [6.45, 7) is 0.475. The summed E-state index contributed by atoms with van der Waals surface area (Å²) in [5, 5.41) is 11.2. The van der Waals surface area contributed by atoms with Crippen LogP contribution in [0.25, 0.3) is 0 Å². The Labute approximate surface area is 101 Å². The SMILES string of the molecule is O=[N+]([O-])c1ccc(OCCCCBr)cc1F. The van der Waals surface area contributed by atoms with E-state index in [-0.39, 0.29) is 0 Å². The van der Waals surface area contributed by atoms with Crippen molar-refractivity contribution in [2.75, 3.05) is 11.9 Å². The maximum atomic E-state index is 13.1. The zero-order valence-corrected chi connectivity index (χ0v) is 10.1. The Morgan fingerprint density at radius 1 is 1.44 bits per heavy atom. The Bertz CT molecular complexity index is 373. The van der Waals surface area contributed by atoms with Gasteiger partial charge in [-0.2, -0.15) is 4.39 Å². The number of ether oxygens (including phenoxy) is 1. The van der Waals surface area contributed by atoms with Gasteiger partial charge in [-0.3, -0.25) is 10.1 Å². The lowest BCUT2D eigenvalue weighted by Gasteiger charge is -2.05. The molecular weight excluding hydrogens is 281 g/mol. The first kappa shape index (κ1) is 12.9. The van der Waals surface area contributed by atoms with Crippen LogP contribution in [-0.4, -0.2) is 16.9 Å². The smallest absolute Gasteiger partial charge is 0.305 e. The average Bonchev–Trinajstić information content (AvgIpc) is 2.24. The molecule has 4 nitrogen and oxygen atoms in total. The maximum Gasteiger partial charge on any atom is 0.305 e. The summed E-state index contributed by atoms with van der Waals surface area (Å²) >= 11 is 3.28. The molecule has 0 N–H and O–H groups in total. The molecule has 88 valence electrons. The number of hydrogen-bond donors (Lipinski definition) is 0. The van der Waals surface area contributed by atoms with Crippen LogP contribution in [0.5, 0.6) is 5.75 Å². The van der Waals surface area contributed by atoms with Crippen molar-refractivity contribution in [3.8, 4) is 5.75 Å². The van der Waals surface area contributed by atoms with Crippen LogP contribution in [0.2, 0.25) is 0 Å².